The molecular formula is C15H15N5O2S. The number of imidazole rings is 1. The van der Waals surface area contributed by atoms with E-state index in [1.165, 1.54) is 0 Å². The van der Waals surface area contributed by atoms with Gasteiger partial charge in [-0.05, 0) is 37.2 Å². The van der Waals surface area contributed by atoms with Crippen molar-refractivity contribution in [3.8, 4) is 5.75 Å². The van der Waals surface area contributed by atoms with Crippen molar-refractivity contribution in [1.82, 2.24) is 19.5 Å². The predicted molar refractivity (Wildman–Crippen MR) is 88.3 cm³/mol. The molecule has 4 rings (SSSR count). The monoisotopic (exact) mass is 329 g/mol. The average molecular weight is 329 g/mol. The van der Waals surface area contributed by atoms with Crippen LogP contribution >= 0.6 is 12.2 Å². The van der Waals surface area contributed by atoms with E-state index in [0.29, 0.717) is 27.4 Å². The second-order valence-electron chi connectivity index (χ2n) is 5.35. The molecule has 1 fully saturated rings. The Bertz CT molecular complexity index is 914. The maximum Gasteiger partial charge on any atom is 0.200 e. The quantitative estimate of drug-likeness (QED) is 0.505. The molecular weight excluding hydrogens is 314 g/mol. The van der Waals surface area contributed by atoms with Crippen LogP contribution in [0.2, 0.25) is 0 Å². The zero-order valence-electron chi connectivity index (χ0n) is 12.2. The van der Waals surface area contributed by atoms with Crippen LogP contribution in [0, 0.1) is 4.77 Å². The molecule has 1 aliphatic heterocycles. The Morgan fingerprint density at radius 2 is 2.26 bits per heavy atom. The molecule has 118 valence electrons. The second kappa shape index (κ2) is 5.64. The van der Waals surface area contributed by atoms with Gasteiger partial charge in [-0.15, -0.1) is 0 Å². The van der Waals surface area contributed by atoms with E-state index in [9.17, 15) is 5.11 Å². The van der Waals surface area contributed by atoms with Crippen LogP contribution in [-0.2, 0) is 4.74 Å². The Morgan fingerprint density at radius 3 is 3.04 bits per heavy atom. The van der Waals surface area contributed by atoms with Gasteiger partial charge in [-0.25, -0.2) is 4.98 Å². The summed E-state index contributed by atoms with van der Waals surface area (Å²) in [5.41, 5.74) is 1.88. The third kappa shape index (κ3) is 2.55. The van der Waals surface area contributed by atoms with Crippen LogP contribution in [-0.4, -0.2) is 31.2 Å². The van der Waals surface area contributed by atoms with Crippen LogP contribution in [0.5, 0.6) is 5.75 Å². The number of nitrogens with zero attached hydrogens (tertiary/aromatic N) is 3. The van der Waals surface area contributed by atoms with E-state index < -0.39 is 0 Å². The van der Waals surface area contributed by atoms with Gasteiger partial charge in [0.1, 0.15) is 23.3 Å². The van der Waals surface area contributed by atoms with E-state index in [1.807, 2.05) is 10.6 Å². The predicted octanol–water partition coefficient (Wildman–Crippen LogP) is 3.25. The number of rotatable bonds is 3. The topological polar surface area (TPSA) is 88.0 Å². The summed E-state index contributed by atoms with van der Waals surface area (Å²) in [5, 5.41) is 13.1. The van der Waals surface area contributed by atoms with Gasteiger partial charge in [-0.1, -0.05) is 12.1 Å². The molecule has 0 radical (unpaired) electrons. The molecule has 3 heterocycles. The fourth-order valence-corrected chi connectivity index (χ4v) is 2.92. The number of aromatic nitrogens is 4. The Hall–Kier alpha value is -2.45. The number of H-pyrrole nitrogens is 1. The molecule has 3 N–H and O–H groups in total. The number of para-hydroxylation sites is 2. The summed E-state index contributed by atoms with van der Waals surface area (Å²) in [6.45, 7) is 0.743. The zero-order chi connectivity index (χ0) is 15.8. The minimum absolute atomic E-state index is 0.0534. The number of hydrogen-bond donors (Lipinski definition) is 3. The van der Waals surface area contributed by atoms with Crippen LogP contribution in [0.25, 0.3) is 11.2 Å². The number of anilines is 2. The van der Waals surface area contributed by atoms with Gasteiger partial charge < -0.3 is 20.1 Å². The van der Waals surface area contributed by atoms with Crippen molar-refractivity contribution in [2.75, 3.05) is 11.9 Å². The Balaban J connectivity index is 1.81. The van der Waals surface area contributed by atoms with Crippen molar-refractivity contribution in [2.24, 2.45) is 0 Å². The van der Waals surface area contributed by atoms with Gasteiger partial charge in [0, 0.05) is 6.61 Å². The highest BCUT2D eigenvalue weighted by molar-refractivity contribution is 7.71. The lowest BCUT2D eigenvalue weighted by molar-refractivity contribution is 0.0593. The summed E-state index contributed by atoms with van der Waals surface area (Å²) in [7, 11) is 0. The van der Waals surface area contributed by atoms with E-state index in [1.54, 1.807) is 24.5 Å². The van der Waals surface area contributed by atoms with Crippen LogP contribution < -0.4 is 5.32 Å². The molecule has 0 aliphatic carbocycles. The number of aromatic hydroxyl groups is 1. The van der Waals surface area contributed by atoms with Gasteiger partial charge in [0.05, 0.1) is 12.0 Å². The molecule has 8 heteroatoms. The molecule has 1 saturated heterocycles. The van der Waals surface area contributed by atoms with Crippen LogP contribution in [0.4, 0.5) is 11.5 Å². The second-order valence-corrected chi connectivity index (χ2v) is 5.74. The average Bonchev–Trinajstić information content (AvgIpc) is 3.18. The fraction of sp³-hybridized carbons (Fsp3) is 0.267. The van der Waals surface area contributed by atoms with Crippen molar-refractivity contribution in [1.29, 1.82) is 0 Å². The summed E-state index contributed by atoms with van der Waals surface area (Å²) in [6.07, 6.45) is 3.61. The Labute approximate surface area is 137 Å². The summed E-state index contributed by atoms with van der Waals surface area (Å²) in [5.74, 6) is 0.744. The van der Waals surface area contributed by atoms with Crippen LogP contribution in [0.1, 0.15) is 19.1 Å². The zero-order valence-corrected chi connectivity index (χ0v) is 13.0. The maximum absolute atomic E-state index is 9.93. The van der Waals surface area contributed by atoms with Gasteiger partial charge in [-0.3, -0.25) is 4.57 Å². The fourth-order valence-electron chi connectivity index (χ4n) is 2.73. The number of ether oxygens (including phenoxy) is 1. The maximum atomic E-state index is 9.93. The molecule has 1 aliphatic rings. The summed E-state index contributed by atoms with van der Waals surface area (Å²) >= 11 is 5.23. The van der Waals surface area contributed by atoms with Gasteiger partial charge in [0.25, 0.3) is 0 Å². The normalized spacial score (nSPS) is 17.7. The summed E-state index contributed by atoms with van der Waals surface area (Å²) < 4.78 is 7.95. The van der Waals surface area contributed by atoms with Crippen molar-refractivity contribution >= 4 is 34.9 Å². The first kappa shape index (κ1) is 14.2. The number of nitrogens with one attached hydrogen (secondary N) is 2. The number of phenols is 1. The number of aromatic amines is 1. The molecule has 0 bridgehead atoms. The molecule has 1 atom stereocenters. The lowest BCUT2D eigenvalue weighted by Crippen LogP contribution is -2.07. The van der Waals surface area contributed by atoms with E-state index in [4.69, 9.17) is 17.0 Å². The molecule has 0 amide bonds. The molecule has 0 spiro atoms. The molecule has 1 aromatic carbocycles. The Kier molecular flexibility index (Phi) is 3.47. The SMILES string of the molecule is Oc1ccccc1Nc1[nH]c(=S)nc2c1ncn2C1CCCO1. The highest BCUT2D eigenvalue weighted by Gasteiger charge is 2.21. The van der Waals surface area contributed by atoms with Crippen molar-refractivity contribution in [2.45, 2.75) is 19.1 Å². The molecule has 1 unspecified atom stereocenters. The molecule has 3 aromatic rings. The highest BCUT2D eigenvalue weighted by Crippen LogP contribution is 2.30. The van der Waals surface area contributed by atoms with Crippen LogP contribution in [0.3, 0.4) is 0 Å². The largest absolute Gasteiger partial charge is 0.506 e. The summed E-state index contributed by atoms with van der Waals surface area (Å²) in [6, 6.07) is 6.98. The molecule has 7 nitrogen and oxygen atoms in total. The minimum Gasteiger partial charge on any atom is -0.506 e. The lowest BCUT2D eigenvalue weighted by atomic mass is 10.3. The van der Waals surface area contributed by atoms with E-state index >= 15 is 0 Å². The van der Waals surface area contributed by atoms with Gasteiger partial charge in [0.15, 0.2) is 10.4 Å². The minimum atomic E-state index is -0.0534. The van der Waals surface area contributed by atoms with Gasteiger partial charge >= 0.3 is 0 Å². The van der Waals surface area contributed by atoms with Crippen molar-refractivity contribution < 1.29 is 9.84 Å². The third-order valence-electron chi connectivity index (χ3n) is 3.82. The van der Waals surface area contributed by atoms with Gasteiger partial charge in [0.2, 0.25) is 0 Å². The van der Waals surface area contributed by atoms with Crippen molar-refractivity contribution in [3.05, 3.63) is 35.4 Å². The molecule has 0 saturated carbocycles. The van der Waals surface area contributed by atoms with E-state index in [-0.39, 0.29) is 12.0 Å². The smallest absolute Gasteiger partial charge is 0.200 e. The number of phenolic OH excluding ortho intramolecular Hbond substituents is 1. The first-order valence-corrected chi connectivity index (χ1v) is 7.76. The van der Waals surface area contributed by atoms with Crippen molar-refractivity contribution in [3.63, 3.8) is 0 Å². The molecule has 23 heavy (non-hydrogen) atoms. The number of hydrogen-bond acceptors (Lipinski definition) is 6. The first-order chi connectivity index (χ1) is 11.2. The Morgan fingerprint density at radius 1 is 1.39 bits per heavy atom. The highest BCUT2D eigenvalue weighted by atomic mass is 32.1. The van der Waals surface area contributed by atoms with E-state index in [2.05, 4.69) is 20.3 Å². The molecule has 2 aromatic heterocycles. The van der Waals surface area contributed by atoms with Crippen LogP contribution in [0.15, 0.2) is 30.6 Å². The van der Waals surface area contributed by atoms with Gasteiger partial charge in [-0.2, -0.15) is 4.98 Å². The number of fused-ring (bicyclic) bond motifs is 1. The first-order valence-electron chi connectivity index (χ1n) is 7.36. The number of benzene rings is 1. The summed E-state index contributed by atoms with van der Waals surface area (Å²) in [4.78, 5) is 11.8. The lowest BCUT2D eigenvalue weighted by Gasteiger charge is -2.12. The standard InChI is InChI=1S/C15H15N5O2S/c21-10-5-2-1-4-9(10)17-13-12-14(19-15(23)18-13)20(8-16-12)11-6-3-7-22-11/h1-2,4-5,8,11,21H,3,6-7H2,(H2,17,18,19,23). The van der Waals surface area contributed by atoms with E-state index in [0.717, 1.165) is 19.4 Å². The third-order valence-corrected chi connectivity index (χ3v) is 4.02.